The SMILES string of the molecule is CCCCN(CC(N)=O)Cc1nc(NN)c2ccsc2n1. The van der Waals surface area contributed by atoms with Gasteiger partial charge in [0, 0.05) is 0 Å². The van der Waals surface area contributed by atoms with Crippen LogP contribution in [0.1, 0.15) is 25.6 Å². The second-order valence-corrected chi connectivity index (χ2v) is 5.70. The smallest absolute Gasteiger partial charge is 0.231 e. The molecule has 2 aromatic rings. The van der Waals surface area contributed by atoms with Gasteiger partial charge >= 0.3 is 0 Å². The fourth-order valence-electron chi connectivity index (χ4n) is 2.10. The van der Waals surface area contributed by atoms with E-state index in [0.717, 1.165) is 29.6 Å². The lowest BCUT2D eigenvalue weighted by Gasteiger charge is -2.19. The highest BCUT2D eigenvalue weighted by Gasteiger charge is 2.13. The number of carbonyl (C=O) groups excluding carboxylic acids is 1. The highest BCUT2D eigenvalue weighted by atomic mass is 32.1. The Morgan fingerprint density at radius 3 is 2.95 bits per heavy atom. The summed E-state index contributed by atoms with van der Waals surface area (Å²) in [4.78, 5) is 22.9. The molecule has 0 spiro atoms. The minimum absolute atomic E-state index is 0.206. The number of carbonyl (C=O) groups is 1. The van der Waals surface area contributed by atoms with Crippen LogP contribution in [0.3, 0.4) is 0 Å². The number of hydrogen-bond donors (Lipinski definition) is 3. The Balaban J connectivity index is 2.20. The van der Waals surface area contributed by atoms with Crippen LogP contribution < -0.4 is 17.0 Å². The highest BCUT2D eigenvalue weighted by molar-refractivity contribution is 7.16. The fourth-order valence-corrected chi connectivity index (χ4v) is 2.88. The predicted molar refractivity (Wildman–Crippen MR) is 84.6 cm³/mol. The van der Waals surface area contributed by atoms with Crippen molar-refractivity contribution in [2.75, 3.05) is 18.5 Å². The maximum absolute atomic E-state index is 11.2. The van der Waals surface area contributed by atoms with Crippen molar-refractivity contribution < 1.29 is 4.79 Å². The Hall–Kier alpha value is -1.77. The molecule has 0 saturated heterocycles. The fraction of sp³-hybridized carbons (Fsp3) is 0.462. The van der Waals surface area contributed by atoms with E-state index in [0.29, 0.717) is 18.2 Å². The van der Waals surface area contributed by atoms with Crippen molar-refractivity contribution >= 4 is 33.3 Å². The van der Waals surface area contributed by atoms with Crippen LogP contribution in [0.4, 0.5) is 5.82 Å². The molecule has 0 saturated carbocycles. The summed E-state index contributed by atoms with van der Waals surface area (Å²) in [5.41, 5.74) is 7.90. The number of amides is 1. The quantitative estimate of drug-likeness (QED) is 0.497. The van der Waals surface area contributed by atoms with Crippen molar-refractivity contribution in [3.63, 3.8) is 0 Å². The molecular weight excluding hydrogens is 288 g/mol. The lowest BCUT2D eigenvalue weighted by molar-refractivity contribution is -0.119. The Labute approximate surface area is 127 Å². The maximum atomic E-state index is 11.2. The minimum atomic E-state index is -0.347. The van der Waals surface area contributed by atoms with Gasteiger partial charge in [0.25, 0.3) is 0 Å². The molecule has 2 aromatic heterocycles. The molecular formula is C13H20N6OS. The van der Waals surface area contributed by atoms with Crippen molar-refractivity contribution in [2.24, 2.45) is 11.6 Å². The first-order valence-electron chi connectivity index (χ1n) is 6.85. The summed E-state index contributed by atoms with van der Waals surface area (Å²) in [6.07, 6.45) is 2.05. The monoisotopic (exact) mass is 308 g/mol. The molecule has 2 rings (SSSR count). The van der Waals surface area contributed by atoms with Crippen molar-refractivity contribution in [1.82, 2.24) is 14.9 Å². The molecule has 0 fully saturated rings. The molecule has 0 aliphatic rings. The van der Waals surface area contributed by atoms with Crippen LogP contribution in [0.2, 0.25) is 0 Å². The van der Waals surface area contributed by atoms with Gasteiger partial charge in [-0.05, 0) is 24.4 Å². The maximum Gasteiger partial charge on any atom is 0.231 e. The average Bonchev–Trinajstić information content (AvgIpc) is 2.91. The normalized spacial score (nSPS) is 11.2. The molecule has 2 heterocycles. The van der Waals surface area contributed by atoms with Crippen LogP contribution in [-0.4, -0.2) is 33.9 Å². The Bertz CT molecular complexity index is 614. The molecule has 0 atom stereocenters. The van der Waals surface area contributed by atoms with Gasteiger partial charge < -0.3 is 11.2 Å². The highest BCUT2D eigenvalue weighted by Crippen LogP contribution is 2.24. The van der Waals surface area contributed by atoms with Gasteiger partial charge in [-0.15, -0.1) is 11.3 Å². The molecule has 0 bridgehead atoms. The van der Waals surface area contributed by atoms with Gasteiger partial charge in [0.2, 0.25) is 5.91 Å². The van der Waals surface area contributed by atoms with E-state index in [1.165, 1.54) is 11.3 Å². The number of hydrogen-bond acceptors (Lipinski definition) is 7. The third kappa shape index (κ3) is 4.10. The van der Waals surface area contributed by atoms with Crippen LogP contribution >= 0.6 is 11.3 Å². The Morgan fingerprint density at radius 2 is 2.29 bits per heavy atom. The Kier molecular flexibility index (Phi) is 5.43. The average molecular weight is 308 g/mol. The van der Waals surface area contributed by atoms with Crippen LogP contribution in [0.5, 0.6) is 0 Å². The largest absolute Gasteiger partial charge is 0.369 e. The van der Waals surface area contributed by atoms with Crippen molar-refractivity contribution in [2.45, 2.75) is 26.3 Å². The summed E-state index contributed by atoms with van der Waals surface area (Å²) >= 11 is 1.53. The van der Waals surface area contributed by atoms with E-state index in [1.54, 1.807) is 0 Å². The van der Waals surface area contributed by atoms with E-state index in [1.807, 2.05) is 16.3 Å². The first-order valence-corrected chi connectivity index (χ1v) is 7.73. The molecule has 0 radical (unpaired) electrons. The minimum Gasteiger partial charge on any atom is -0.369 e. The van der Waals surface area contributed by atoms with Gasteiger partial charge in [-0.3, -0.25) is 9.69 Å². The molecule has 8 heteroatoms. The number of nitrogen functional groups attached to an aromatic ring is 1. The first kappa shape index (κ1) is 15.6. The standard InChI is InChI=1S/C13H20N6OS/c1-2-3-5-19(7-10(14)20)8-11-16-12(18-15)9-4-6-21-13(9)17-11/h4,6H,2-3,5,7-8,15H2,1H3,(H2,14,20)(H,16,17,18). The zero-order valence-electron chi connectivity index (χ0n) is 12.0. The van der Waals surface area contributed by atoms with E-state index < -0.39 is 0 Å². The van der Waals surface area contributed by atoms with Gasteiger partial charge in [0.15, 0.2) is 5.82 Å². The van der Waals surface area contributed by atoms with Gasteiger partial charge in [-0.25, -0.2) is 15.8 Å². The second-order valence-electron chi connectivity index (χ2n) is 4.80. The summed E-state index contributed by atoms with van der Waals surface area (Å²) < 4.78 is 0. The number of hydrazine groups is 1. The first-order chi connectivity index (χ1) is 10.1. The van der Waals surface area contributed by atoms with Crippen LogP contribution in [0.25, 0.3) is 10.2 Å². The molecule has 0 aromatic carbocycles. The van der Waals surface area contributed by atoms with E-state index in [9.17, 15) is 4.79 Å². The molecule has 0 aliphatic carbocycles. The molecule has 5 N–H and O–H groups in total. The summed E-state index contributed by atoms with van der Waals surface area (Å²) in [6, 6.07) is 1.93. The van der Waals surface area contributed by atoms with Gasteiger partial charge in [0.05, 0.1) is 18.5 Å². The lowest BCUT2D eigenvalue weighted by Crippen LogP contribution is -2.34. The summed E-state index contributed by atoms with van der Waals surface area (Å²) in [5, 5.41) is 2.85. The third-order valence-electron chi connectivity index (χ3n) is 3.08. The number of unbranched alkanes of at least 4 members (excludes halogenated alkanes) is 1. The predicted octanol–water partition coefficient (Wildman–Crippen LogP) is 1.06. The van der Waals surface area contributed by atoms with E-state index in [4.69, 9.17) is 11.6 Å². The van der Waals surface area contributed by atoms with Crippen molar-refractivity contribution in [1.29, 1.82) is 0 Å². The van der Waals surface area contributed by atoms with Crippen molar-refractivity contribution in [3.05, 3.63) is 17.3 Å². The number of nitrogens with two attached hydrogens (primary N) is 2. The molecule has 1 amide bonds. The summed E-state index contributed by atoms with van der Waals surface area (Å²) in [7, 11) is 0. The summed E-state index contributed by atoms with van der Waals surface area (Å²) in [5.74, 6) is 6.40. The lowest BCUT2D eigenvalue weighted by atomic mass is 10.3. The zero-order chi connectivity index (χ0) is 15.2. The second kappa shape index (κ2) is 7.30. The third-order valence-corrected chi connectivity index (χ3v) is 3.89. The molecule has 7 nitrogen and oxygen atoms in total. The van der Waals surface area contributed by atoms with E-state index >= 15 is 0 Å². The molecule has 114 valence electrons. The topological polar surface area (TPSA) is 110 Å². The van der Waals surface area contributed by atoms with Crippen LogP contribution in [0.15, 0.2) is 11.4 Å². The van der Waals surface area contributed by atoms with Crippen molar-refractivity contribution in [3.8, 4) is 0 Å². The summed E-state index contributed by atoms with van der Waals surface area (Å²) in [6.45, 7) is 3.58. The Morgan fingerprint density at radius 1 is 1.48 bits per heavy atom. The van der Waals surface area contributed by atoms with Gasteiger partial charge in [-0.1, -0.05) is 13.3 Å². The van der Waals surface area contributed by atoms with Crippen LogP contribution in [-0.2, 0) is 11.3 Å². The number of rotatable bonds is 8. The van der Waals surface area contributed by atoms with E-state index in [2.05, 4.69) is 22.3 Å². The number of nitrogens with one attached hydrogen (secondary N) is 1. The number of aromatic nitrogens is 2. The number of thiophene rings is 1. The number of fused-ring (bicyclic) bond motifs is 1. The molecule has 21 heavy (non-hydrogen) atoms. The van der Waals surface area contributed by atoms with Gasteiger partial charge in [-0.2, -0.15) is 0 Å². The number of anilines is 1. The number of nitrogens with zero attached hydrogens (tertiary/aromatic N) is 3. The van der Waals surface area contributed by atoms with Crippen LogP contribution in [0, 0.1) is 0 Å². The zero-order valence-corrected chi connectivity index (χ0v) is 12.8. The molecule has 0 unspecified atom stereocenters. The van der Waals surface area contributed by atoms with E-state index in [-0.39, 0.29) is 12.5 Å². The molecule has 0 aliphatic heterocycles. The van der Waals surface area contributed by atoms with Gasteiger partial charge in [0.1, 0.15) is 10.7 Å². The number of primary amides is 1.